The molecule has 0 aromatic carbocycles. The van der Waals surface area contributed by atoms with Crippen molar-refractivity contribution in [2.45, 2.75) is 52.0 Å². The summed E-state index contributed by atoms with van der Waals surface area (Å²) in [5.41, 5.74) is 0.992. The van der Waals surface area contributed by atoms with E-state index >= 15 is 0 Å². The van der Waals surface area contributed by atoms with Crippen LogP contribution in [-0.4, -0.2) is 49.2 Å². The number of hydrogen-bond acceptors (Lipinski definition) is 4. The fraction of sp³-hybridized carbons (Fsp3) is 0.765. The number of aliphatic imine (C=N–C) groups is 1. The van der Waals surface area contributed by atoms with Crippen molar-refractivity contribution in [3.05, 3.63) is 17.5 Å². The Morgan fingerprint density at radius 2 is 2.09 bits per heavy atom. The second-order valence-corrected chi connectivity index (χ2v) is 6.48. The van der Waals surface area contributed by atoms with E-state index in [1.54, 1.807) is 7.05 Å². The molecule has 2 N–H and O–H groups in total. The minimum absolute atomic E-state index is 0.389. The average Bonchev–Trinajstić information content (AvgIpc) is 3.21. The molecule has 1 aromatic heterocycles. The van der Waals surface area contributed by atoms with Gasteiger partial charge in [-0.05, 0) is 51.2 Å². The van der Waals surface area contributed by atoms with Crippen LogP contribution in [0.1, 0.15) is 56.9 Å². The zero-order chi connectivity index (χ0) is 16.5. The maximum absolute atomic E-state index is 5.32. The molecule has 130 valence electrons. The first-order valence-electron chi connectivity index (χ1n) is 8.81. The lowest BCUT2D eigenvalue weighted by Gasteiger charge is -2.15. The second kappa shape index (κ2) is 9.55. The lowest BCUT2D eigenvalue weighted by molar-refractivity contribution is 0.330. The molecule has 6 heteroatoms. The summed E-state index contributed by atoms with van der Waals surface area (Å²) < 4.78 is 5.32. The number of nitrogens with one attached hydrogen (secondary N) is 2. The van der Waals surface area contributed by atoms with Crippen molar-refractivity contribution in [3.63, 3.8) is 0 Å². The Bertz CT molecular complexity index is 477. The lowest BCUT2D eigenvalue weighted by atomic mass is 10.1. The predicted molar refractivity (Wildman–Crippen MR) is 93.7 cm³/mol. The molecule has 0 bridgehead atoms. The Morgan fingerprint density at radius 3 is 2.74 bits per heavy atom. The van der Waals surface area contributed by atoms with Gasteiger partial charge in [0.2, 0.25) is 0 Å². The number of rotatable bonds is 8. The summed E-state index contributed by atoms with van der Waals surface area (Å²) in [7, 11) is 1.79. The van der Waals surface area contributed by atoms with Gasteiger partial charge < -0.3 is 20.1 Å². The topological polar surface area (TPSA) is 65.7 Å². The monoisotopic (exact) mass is 321 g/mol. The van der Waals surface area contributed by atoms with E-state index in [-0.39, 0.29) is 0 Å². The third-order valence-electron chi connectivity index (χ3n) is 4.21. The van der Waals surface area contributed by atoms with Gasteiger partial charge in [0.1, 0.15) is 0 Å². The van der Waals surface area contributed by atoms with Gasteiger partial charge in [-0.25, -0.2) is 0 Å². The van der Waals surface area contributed by atoms with Gasteiger partial charge in [0, 0.05) is 19.7 Å². The first kappa shape index (κ1) is 17.8. The van der Waals surface area contributed by atoms with Crippen LogP contribution in [0, 0.1) is 0 Å². The number of unbranched alkanes of at least 4 members (excludes halogenated alkanes) is 1. The molecule has 2 heterocycles. The summed E-state index contributed by atoms with van der Waals surface area (Å²) in [4.78, 5) is 6.80. The summed E-state index contributed by atoms with van der Waals surface area (Å²) in [5.74, 6) is 2.04. The van der Waals surface area contributed by atoms with E-state index in [0.717, 1.165) is 30.4 Å². The Morgan fingerprint density at radius 1 is 1.30 bits per heavy atom. The molecule has 0 aliphatic carbocycles. The molecule has 1 fully saturated rings. The molecule has 0 atom stereocenters. The van der Waals surface area contributed by atoms with E-state index in [0.29, 0.717) is 12.5 Å². The number of likely N-dealkylation sites (tertiary alicyclic amines) is 1. The second-order valence-electron chi connectivity index (χ2n) is 6.48. The van der Waals surface area contributed by atoms with Crippen LogP contribution in [0.15, 0.2) is 15.6 Å². The third kappa shape index (κ3) is 6.22. The first-order chi connectivity index (χ1) is 11.2. The molecule has 6 nitrogen and oxygen atoms in total. The average molecular weight is 321 g/mol. The van der Waals surface area contributed by atoms with E-state index in [2.05, 4.69) is 39.5 Å². The number of hydrogen-bond donors (Lipinski definition) is 2. The number of guanidine groups is 1. The molecule has 1 aliphatic rings. The van der Waals surface area contributed by atoms with Gasteiger partial charge in [-0.2, -0.15) is 0 Å². The highest BCUT2D eigenvalue weighted by molar-refractivity contribution is 5.79. The van der Waals surface area contributed by atoms with E-state index in [1.807, 2.05) is 6.07 Å². The molecule has 0 radical (unpaired) electrons. The molecule has 1 aromatic rings. The van der Waals surface area contributed by atoms with E-state index in [4.69, 9.17) is 4.52 Å². The molecule has 23 heavy (non-hydrogen) atoms. The van der Waals surface area contributed by atoms with Crippen LogP contribution in [0.2, 0.25) is 0 Å². The number of nitrogens with zero attached hydrogens (tertiary/aromatic N) is 3. The van der Waals surface area contributed by atoms with Crippen LogP contribution in [0.3, 0.4) is 0 Å². The summed E-state index contributed by atoms with van der Waals surface area (Å²) in [6.07, 6.45) is 5.14. The molecular formula is C17H31N5O. The first-order valence-corrected chi connectivity index (χ1v) is 8.81. The molecule has 1 aliphatic heterocycles. The number of aromatic nitrogens is 1. The zero-order valence-electron chi connectivity index (χ0n) is 14.8. The summed E-state index contributed by atoms with van der Waals surface area (Å²) >= 11 is 0. The predicted octanol–water partition coefficient (Wildman–Crippen LogP) is 2.34. The zero-order valence-corrected chi connectivity index (χ0v) is 14.8. The van der Waals surface area contributed by atoms with Gasteiger partial charge in [0.25, 0.3) is 0 Å². The summed E-state index contributed by atoms with van der Waals surface area (Å²) in [5, 5.41) is 10.7. The molecule has 0 spiro atoms. The minimum atomic E-state index is 0.389. The largest absolute Gasteiger partial charge is 0.359 e. The van der Waals surface area contributed by atoms with Crippen LogP contribution in [0.4, 0.5) is 0 Å². The van der Waals surface area contributed by atoms with Gasteiger partial charge in [0.05, 0.1) is 12.2 Å². The highest BCUT2D eigenvalue weighted by atomic mass is 16.5. The van der Waals surface area contributed by atoms with Crippen LogP contribution in [-0.2, 0) is 6.54 Å². The molecule has 2 rings (SSSR count). The fourth-order valence-electron chi connectivity index (χ4n) is 2.75. The Labute approximate surface area is 139 Å². The van der Waals surface area contributed by atoms with Crippen LogP contribution in [0.25, 0.3) is 0 Å². The van der Waals surface area contributed by atoms with Crippen molar-refractivity contribution < 1.29 is 4.52 Å². The van der Waals surface area contributed by atoms with Gasteiger partial charge in [-0.3, -0.25) is 4.99 Å². The Hall–Kier alpha value is -1.56. The van der Waals surface area contributed by atoms with Gasteiger partial charge in [-0.1, -0.05) is 19.0 Å². The van der Waals surface area contributed by atoms with Gasteiger partial charge >= 0.3 is 0 Å². The van der Waals surface area contributed by atoms with Gasteiger partial charge in [-0.15, -0.1) is 0 Å². The third-order valence-corrected chi connectivity index (χ3v) is 4.21. The molecule has 0 saturated carbocycles. The van der Waals surface area contributed by atoms with Crippen LogP contribution < -0.4 is 10.6 Å². The van der Waals surface area contributed by atoms with Crippen molar-refractivity contribution in [1.29, 1.82) is 0 Å². The van der Waals surface area contributed by atoms with Gasteiger partial charge in [0.15, 0.2) is 11.7 Å². The van der Waals surface area contributed by atoms with Crippen LogP contribution >= 0.6 is 0 Å². The smallest absolute Gasteiger partial charge is 0.191 e. The van der Waals surface area contributed by atoms with Crippen molar-refractivity contribution in [1.82, 2.24) is 20.7 Å². The quantitative estimate of drug-likeness (QED) is 0.437. The molecule has 1 saturated heterocycles. The van der Waals surface area contributed by atoms with Crippen molar-refractivity contribution in [2.24, 2.45) is 4.99 Å². The van der Waals surface area contributed by atoms with Crippen molar-refractivity contribution in [2.75, 3.05) is 33.2 Å². The van der Waals surface area contributed by atoms with E-state index < -0.39 is 0 Å². The molecular weight excluding hydrogens is 290 g/mol. The minimum Gasteiger partial charge on any atom is -0.359 e. The summed E-state index contributed by atoms with van der Waals surface area (Å²) in [6.45, 7) is 9.56. The fourth-order valence-corrected chi connectivity index (χ4v) is 2.75. The lowest BCUT2D eigenvalue weighted by Crippen LogP contribution is -2.37. The normalized spacial score (nSPS) is 16.3. The Balaban J connectivity index is 1.59. The van der Waals surface area contributed by atoms with E-state index in [9.17, 15) is 0 Å². The molecule has 0 unspecified atom stereocenters. The highest BCUT2D eigenvalue weighted by Gasteiger charge is 2.10. The SMILES string of the molecule is CN=C(NCCCCN1CCCC1)NCc1cc(C(C)C)no1. The Kier molecular flexibility index (Phi) is 7.39. The molecule has 0 amide bonds. The summed E-state index contributed by atoms with van der Waals surface area (Å²) in [6, 6.07) is 2.00. The highest BCUT2D eigenvalue weighted by Crippen LogP contribution is 2.13. The van der Waals surface area contributed by atoms with Crippen molar-refractivity contribution in [3.8, 4) is 0 Å². The van der Waals surface area contributed by atoms with E-state index in [1.165, 1.54) is 38.9 Å². The maximum Gasteiger partial charge on any atom is 0.191 e. The standard InChI is InChI=1S/C17H31N5O/c1-14(2)16-12-15(23-21-16)13-20-17(18-3)19-8-4-5-9-22-10-6-7-11-22/h12,14H,4-11,13H2,1-3H3,(H2,18,19,20). The van der Waals surface area contributed by atoms with Crippen LogP contribution in [0.5, 0.6) is 0 Å². The van der Waals surface area contributed by atoms with Crippen molar-refractivity contribution >= 4 is 5.96 Å². The maximum atomic E-state index is 5.32.